The lowest BCUT2D eigenvalue weighted by Crippen LogP contribution is -2.31. The minimum atomic E-state index is -1.67. The number of urea groups is 1. The summed E-state index contributed by atoms with van der Waals surface area (Å²) in [5.41, 5.74) is 5.98. The van der Waals surface area contributed by atoms with Gasteiger partial charge >= 0.3 is 6.03 Å². The van der Waals surface area contributed by atoms with Crippen LogP contribution in [0, 0.1) is 0 Å². The van der Waals surface area contributed by atoms with E-state index in [1.54, 1.807) is 25.4 Å². The van der Waals surface area contributed by atoms with E-state index >= 15 is 0 Å². The zero-order valence-corrected chi connectivity index (χ0v) is 19.9. The highest BCUT2D eigenvalue weighted by molar-refractivity contribution is 7.83. The normalized spacial score (nSPS) is 13.5. The molecule has 0 fully saturated rings. The third kappa shape index (κ3) is 5.40. The van der Waals surface area contributed by atoms with E-state index < -0.39 is 17.0 Å². The Morgan fingerprint density at radius 1 is 1.12 bits per heavy atom. The summed E-state index contributed by atoms with van der Waals surface area (Å²) in [6.07, 6.45) is 4.59. The average molecular weight is 465 g/mol. The number of nitrogens with zero attached hydrogens (tertiary/aromatic N) is 2. The molecule has 2 N–H and O–H groups in total. The van der Waals surface area contributed by atoms with Crippen LogP contribution in [0.1, 0.15) is 23.1 Å². The lowest BCUT2D eigenvalue weighted by atomic mass is 9.98. The Hall–Kier alpha value is -3.23. The van der Waals surface area contributed by atoms with Crippen molar-refractivity contribution in [2.24, 2.45) is 0 Å². The standard InChI is InChI=1S/C25H28N4O3S/c1-29(2)16-17-7-10-20(11-8-17)33(31)28-25(30)27-24-21-6-4-5-18(21)9-12-22(24)19-13-14-26-23(15-19)32-3/h7-15H,4-6,16H2,1-3H3,(H2,27,28,30). The number of carbonyl (C=O) groups is 1. The molecule has 172 valence electrons. The second-order valence-electron chi connectivity index (χ2n) is 8.27. The minimum Gasteiger partial charge on any atom is -0.481 e. The highest BCUT2D eigenvalue weighted by Gasteiger charge is 2.21. The topological polar surface area (TPSA) is 83.6 Å². The van der Waals surface area contributed by atoms with Crippen molar-refractivity contribution in [3.63, 3.8) is 0 Å². The number of nitrogens with one attached hydrogen (secondary N) is 2. The fourth-order valence-corrected chi connectivity index (χ4v) is 4.82. The Morgan fingerprint density at radius 2 is 1.91 bits per heavy atom. The van der Waals surface area contributed by atoms with Crippen LogP contribution in [0.5, 0.6) is 5.88 Å². The maximum atomic E-state index is 12.9. The van der Waals surface area contributed by atoms with Gasteiger partial charge in [-0.25, -0.2) is 14.0 Å². The molecular formula is C25H28N4O3S. The first-order valence-corrected chi connectivity index (χ1v) is 12.0. The molecule has 8 heteroatoms. The van der Waals surface area contributed by atoms with Gasteiger partial charge in [-0.3, -0.25) is 4.72 Å². The molecule has 1 heterocycles. The number of rotatable bonds is 7. The quantitative estimate of drug-likeness (QED) is 0.549. The number of hydrogen-bond acceptors (Lipinski definition) is 5. The van der Waals surface area contributed by atoms with E-state index in [4.69, 9.17) is 4.74 Å². The molecule has 1 atom stereocenters. The molecule has 0 aliphatic heterocycles. The average Bonchev–Trinajstić information content (AvgIpc) is 3.29. The molecule has 2 aromatic carbocycles. The number of anilines is 1. The number of carbonyl (C=O) groups excluding carboxylic acids is 1. The summed E-state index contributed by atoms with van der Waals surface area (Å²) in [5.74, 6) is 0.502. The van der Waals surface area contributed by atoms with E-state index in [0.29, 0.717) is 10.8 Å². The molecule has 0 radical (unpaired) electrons. The fraction of sp³-hybridized carbons (Fsp3) is 0.280. The third-order valence-corrected chi connectivity index (χ3v) is 6.67. The van der Waals surface area contributed by atoms with Crippen LogP contribution >= 0.6 is 0 Å². The number of pyridine rings is 1. The summed E-state index contributed by atoms with van der Waals surface area (Å²) in [7, 11) is 3.89. The number of hydrogen-bond donors (Lipinski definition) is 2. The summed E-state index contributed by atoms with van der Waals surface area (Å²) in [6, 6.07) is 14.7. The van der Waals surface area contributed by atoms with Crippen molar-refractivity contribution in [1.29, 1.82) is 0 Å². The van der Waals surface area contributed by atoms with Crippen LogP contribution in [0.4, 0.5) is 10.5 Å². The van der Waals surface area contributed by atoms with Crippen molar-refractivity contribution in [2.45, 2.75) is 30.7 Å². The van der Waals surface area contributed by atoms with Gasteiger partial charge in [0.1, 0.15) is 0 Å². The zero-order chi connectivity index (χ0) is 23.4. The van der Waals surface area contributed by atoms with Crippen molar-refractivity contribution < 1.29 is 13.7 Å². The predicted octanol–water partition coefficient (Wildman–Crippen LogP) is 4.15. The zero-order valence-electron chi connectivity index (χ0n) is 19.1. The maximum Gasteiger partial charge on any atom is 0.331 e. The molecule has 1 aromatic heterocycles. The summed E-state index contributed by atoms with van der Waals surface area (Å²) in [6.45, 7) is 0.794. The second-order valence-corrected chi connectivity index (χ2v) is 9.49. The fourth-order valence-electron chi connectivity index (χ4n) is 4.10. The third-order valence-electron chi connectivity index (χ3n) is 5.60. The van der Waals surface area contributed by atoms with Gasteiger partial charge in [0.25, 0.3) is 0 Å². The van der Waals surface area contributed by atoms with E-state index in [2.05, 4.69) is 26.0 Å². The molecule has 33 heavy (non-hydrogen) atoms. The summed E-state index contributed by atoms with van der Waals surface area (Å²) < 4.78 is 20.6. The largest absolute Gasteiger partial charge is 0.481 e. The first-order chi connectivity index (χ1) is 15.9. The van der Waals surface area contributed by atoms with Gasteiger partial charge in [-0.2, -0.15) is 0 Å². The number of methoxy groups -OCH3 is 1. The molecule has 0 saturated heterocycles. The molecule has 1 aliphatic rings. The lowest BCUT2D eigenvalue weighted by molar-refractivity contribution is 0.257. The van der Waals surface area contributed by atoms with Gasteiger partial charge in [0, 0.05) is 24.4 Å². The highest BCUT2D eigenvalue weighted by atomic mass is 32.2. The number of aryl methyl sites for hydroxylation is 1. The monoisotopic (exact) mass is 464 g/mol. The number of amides is 2. The van der Waals surface area contributed by atoms with E-state index in [0.717, 1.165) is 53.7 Å². The SMILES string of the molecule is COc1cc(-c2ccc3c(c2NC(=O)NS(=O)c2ccc(CN(C)C)cc2)CCC3)ccn1. The van der Waals surface area contributed by atoms with Gasteiger partial charge in [0.15, 0.2) is 11.0 Å². The summed E-state index contributed by atoms with van der Waals surface area (Å²) in [5, 5.41) is 2.97. The van der Waals surface area contributed by atoms with Gasteiger partial charge in [0.05, 0.1) is 17.7 Å². The summed E-state index contributed by atoms with van der Waals surface area (Å²) >= 11 is 0. The van der Waals surface area contributed by atoms with Crippen molar-refractivity contribution >= 4 is 22.7 Å². The van der Waals surface area contributed by atoms with Crippen molar-refractivity contribution in [1.82, 2.24) is 14.6 Å². The number of ether oxygens (including phenoxy) is 1. The van der Waals surface area contributed by atoms with E-state index in [1.165, 1.54) is 5.56 Å². The molecule has 0 spiro atoms. The first kappa shape index (κ1) is 22.9. The Bertz CT molecular complexity index is 1180. The Morgan fingerprint density at radius 3 is 2.64 bits per heavy atom. The van der Waals surface area contributed by atoms with Crippen molar-refractivity contribution in [3.8, 4) is 17.0 Å². The van der Waals surface area contributed by atoms with E-state index in [-0.39, 0.29) is 0 Å². The highest BCUT2D eigenvalue weighted by Crippen LogP contribution is 2.38. The van der Waals surface area contributed by atoms with E-state index in [9.17, 15) is 9.00 Å². The smallest absolute Gasteiger partial charge is 0.331 e. The second kappa shape index (κ2) is 10.1. The molecular weight excluding hydrogens is 436 g/mol. The molecule has 0 bridgehead atoms. The number of aromatic nitrogens is 1. The van der Waals surface area contributed by atoms with Crippen LogP contribution in [0.2, 0.25) is 0 Å². The predicted molar refractivity (Wildman–Crippen MR) is 131 cm³/mol. The summed E-state index contributed by atoms with van der Waals surface area (Å²) in [4.78, 5) is 19.6. The molecule has 1 unspecified atom stereocenters. The Labute approximate surface area is 196 Å². The van der Waals surface area contributed by atoms with Gasteiger partial charge in [-0.05, 0) is 73.8 Å². The van der Waals surface area contributed by atoms with Gasteiger partial charge in [-0.15, -0.1) is 0 Å². The van der Waals surface area contributed by atoms with Crippen LogP contribution in [0.15, 0.2) is 59.6 Å². The van der Waals surface area contributed by atoms with Crippen LogP contribution in [0.3, 0.4) is 0 Å². The first-order valence-electron chi connectivity index (χ1n) is 10.8. The number of fused-ring (bicyclic) bond motifs is 1. The van der Waals surface area contributed by atoms with Crippen LogP contribution in [-0.4, -0.2) is 41.3 Å². The van der Waals surface area contributed by atoms with Crippen molar-refractivity contribution in [3.05, 3.63) is 71.4 Å². The molecule has 1 aliphatic carbocycles. The van der Waals surface area contributed by atoms with Gasteiger partial charge < -0.3 is 15.0 Å². The molecule has 4 rings (SSSR count). The van der Waals surface area contributed by atoms with Crippen LogP contribution in [0.25, 0.3) is 11.1 Å². The van der Waals surface area contributed by atoms with E-state index in [1.807, 2.05) is 44.4 Å². The van der Waals surface area contributed by atoms with Crippen LogP contribution < -0.4 is 14.8 Å². The molecule has 3 aromatic rings. The van der Waals surface area contributed by atoms with Crippen LogP contribution in [-0.2, 0) is 30.4 Å². The lowest BCUT2D eigenvalue weighted by Gasteiger charge is -2.17. The van der Waals surface area contributed by atoms with Gasteiger partial charge in [-0.1, -0.05) is 24.3 Å². The Balaban J connectivity index is 1.55. The van der Waals surface area contributed by atoms with Gasteiger partial charge in [0.2, 0.25) is 5.88 Å². The molecule has 7 nitrogen and oxygen atoms in total. The molecule has 0 saturated carbocycles. The molecule has 2 amide bonds. The maximum absolute atomic E-state index is 12.9. The van der Waals surface area contributed by atoms with Crippen molar-refractivity contribution in [2.75, 3.05) is 26.5 Å². The minimum absolute atomic E-state index is 0.502. The number of benzene rings is 2. The Kier molecular flexibility index (Phi) is 7.05.